The van der Waals surface area contributed by atoms with E-state index >= 15 is 0 Å². The van der Waals surface area contributed by atoms with Crippen LogP contribution in [-0.4, -0.2) is 12.1 Å². The fourth-order valence-electron chi connectivity index (χ4n) is 1.96. The maximum atomic E-state index is 12.1. The summed E-state index contributed by atoms with van der Waals surface area (Å²) in [5, 5.41) is 0. The standard InChI is InChI=1S/C17H22O2/c1-2-3-9-15(10-7-8-13-18)14-17(19)16-11-5-4-6-12-16/h4-6,11-14H,2-3,7-10H2,1H3. The number of unbranched alkanes of at least 4 members (excludes halogenated alkanes) is 2. The summed E-state index contributed by atoms with van der Waals surface area (Å²) in [6, 6.07) is 9.32. The minimum absolute atomic E-state index is 0.0674. The van der Waals surface area contributed by atoms with Crippen molar-refractivity contribution in [2.45, 2.75) is 45.4 Å². The minimum atomic E-state index is 0.0674. The predicted octanol–water partition coefficient (Wildman–Crippen LogP) is 4.36. The molecule has 19 heavy (non-hydrogen) atoms. The SMILES string of the molecule is CCCCC(=CC(=O)c1ccccc1)CCCC=O. The van der Waals surface area contributed by atoms with Gasteiger partial charge in [0.1, 0.15) is 6.29 Å². The van der Waals surface area contributed by atoms with E-state index in [4.69, 9.17) is 0 Å². The van der Waals surface area contributed by atoms with Gasteiger partial charge in [0, 0.05) is 12.0 Å². The number of aldehydes is 1. The smallest absolute Gasteiger partial charge is 0.185 e. The van der Waals surface area contributed by atoms with Crippen molar-refractivity contribution >= 4 is 12.1 Å². The molecule has 0 atom stereocenters. The zero-order valence-electron chi connectivity index (χ0n) is 11.6. The van der Waals surface area contributed by atoms with Crippen LogP contribution in [-0.2, 0) is 4.79 Å². The molecule has 1 rings (SSSR count). The molecule has 0 spiro atoms. The Morgan fingerprint density at radius 2 is 1.79 bits per heavy atom. The number of hydrogen-bond donors (Lipinski definition) is 0. The summed E-state index contributed by atoms with van der Waals surface area (Å²) in [4.78, 5) is 22.5. The van der Waals surface area contributed by atoms with Gasteiger partial charge in [-0.15, -0.1) is 0 Å². The second kappa shape index (κ2) is 9.26. The molecule has 0 unspecified atom stereocenters. The van der Waals surface area contributed by atoms with Crippen molar-refractivity contribution in [1.82, 2.24) is 0 Å². The van der Waals surface area contributed by atoms with Crippen LogP contribution in [0.2, 0.25) is 0 Å². The Bertz CT molecular complexity index is 418. The molecule has 102 valence electrons. The fraction of sp³-hybridized carbons (Fsp3) is 0.412. The van der Waals surface area contributed by atoms with Crippen molar-refractivity contribution < 1.29 is 9.59 Å². The van der Waals surface area contributed by atoms with Crippen LogP contribution in [0.1, 0.15) is 55.8 Å². The van der Waals surface area contributed by atoms with Gasteiger partial charge in [-0.1, -0.05) is 49.2 Å². The molecule has 0 fully saturated rings. The second-order valence-electron chi connectivity index (χ2n) is 4.70. The van der Waals surface area contributed by atoms with Gasteiger partial charge in [-0.25, -0.2) is 0 Å². The van der Waals surface area contributed by atoms with E-state index in [-0.39, 0.29) is 5.78 Å². The van der Waals surface area contributed by atoms with Crippen LogP contribution in [0.5, 0.6) is 0 Å². The predicted molar refractivity (Wildman–Crippen MR) is 78.3 cm³/mol. The molecule has 0 aliphatic heterocycles. The molecule has 0 saturated carbocycles. The van der Waals surface area contributed by atoms with Crippen molar-refractivity contribution in [1.29, 1.82) is 0 Å². The summed E-state index contributed by atoms with van der Waals surface area (Å²) in [5.41, 5.74) is 1.89. The van der Waals surface area contributed by atoms with Crippen molar-refractivity contribution in [3.63, 3.8) is 0 Å². The third-order valence-corrected chi connectivity index (χ3v) is 3.06. The molecule has 0 aliphatic carbocycles. The molecule has 0 radical (unpaired) electrons. The minimum Gasteiger partial charge on any atom is -0.303 e. The highest BCUT2D eigenvalue weighted by atomic mass is 16.1. The van der Waals surface area contributed by atoms with E-state index in [1.165, 1.54) is 0 Å². The molecule has 0 saturated heterocycles. The highest BCUT2D eigenvalue weighted by molar-refractivity contribution is 6.04. The highest BCUT2D eigenvalue weighted by Gasteiger charge is 2.04. The van der Waals surface area contributed by atoms with Gasteiger partial charge in [0.2, 0.25) is 0 Å². The number of hydrogen-bond acceptors (Lipinski definition) is 2. The first-order chi connectivity index (χ1) is 9.27. The first-order valence-corrected chi connectivity index (χ1v) is 7.00. The molecule has 2 nitrogen and oxygen atoms in total. The zero-order chi connectivity index (χ0) is 13.9. The lowest BCUT2D eigenvalue weighted by Crippen LogP contribution is -1.97. The summed E-state index contributed by atoms with van der Waals surface area (Å²) in [7, 11) is 0. The van der Waals surface area contributed by atoms with Crippen molar-refractivity contribution in [2.24, 2.45) is 0 Å². The van der Waals surface area contributed by atoms with Gasteiger partial charge in [0.05, 0.1) is 0 Å². The monoisotopic (exact) mass is 258 g/mol. The van der Waals surface area contributed by atoms with Crippen LogP contribution in [0.4, 0.5) is 0 Å². The van der Waals surface area contributed by atoms with Crippen molar-refractivity contribution in [3.05, 3.63) is 47.5 Å². The van der Waals surface area contributed by atoms with E-state index in [1.54, 1.807) is 6.08 Å². The van der Waals surface area contributed by atoms with Gasteiger partial charge in [0.15, 0.2) is 5.78 Å². The van der Waals surface area contributed by atoms with Gasteiger partial charge in [0.25, 0.3) is 0 Å². The number of carbonyl (C=O) groups is 2. The van der Waals surface area contributed by atoms with Gasteiger partial charge in [-0.05, 0) is 31.8 Å². The average molecular weight is 258 g/mol. The fourth-order valence-corrected chi connectivity index (χ4v) is 1.96. The molecule has 0 amide bonds. The Balaban J connectivity index is 2.68. The molecule has 1 aromatic carbocycles. The number of rotatable bonds is 9. The number of ketones is 1. The van der Waals surface area contributed by atoms with Crippen LogP contribution in [0.25, 0.3) is 0 Å². The number of carbonyl (C=O) groups excluding carboxylic acids is 2. The molecule has 0 heterocycles. The van der Waals surface area contributed by atoms with Crippen molar-refractivity contribution in [2.75, 3.05) is 0 Å². The maximum absolute atomic E-state index is 12.1. The average Bonchev–Trinajstić information content (AvgIpc) is 2.45. The van der Waals surface area contributed by atoms with Gasteiger partial charge < -0.3 is 4.79 Å². The van der Waals surface area contributed by atoms with Crippen LogP contribution < -0.4 is 0 Å². The Labute approximate surface area is 115 Å². The summed E-state index contributed by atoms with van der Waals surface area (Å²) < 4.78 is 0. The normalized spacial score (nSPS) is 11.3. The van der Waals surface area contributed by atoms with E-state index in [2.05, 4.69) is 6.92 Å². The zero-order valence-corrected chi connectivity index (χ0v) is 11.6. The van der Waals surface area contributed by atoms with Gasteiger partial charge >= 0.3 is 0 Å². The second-order valence-corrected chi connectivity index (χ2v) is 4.70. The molecular weight excluding hydrogens is 236 g/mol. The summed E-state index contributed by atoms with van der Waals surface area (Å²) in [6.07, 6.45) is 8.11. The highest BCUT2D eigenvalue weighted by Crippen LogP contribution is 2.16. The third kappa shape index (κ3) is 6.14. The lowest BCUT2D eigenvalue weighted by molar-refractivity contribution is -0.107. The lowest BCUT2D eigenvalue weighted by Gasteiger charge is -2.06. The Kier molecular flexibility index (Phi) is 7.48. The molecule has 0 N–H and O–H groups in total. The van der Waals surface area contributed by atoms with Crippen LogP contribution in [0.3, 0.4) is 0 Å². The molecular formula is C17H22O2. The summed E-state index contributed by atoms with van der Waals surface area (Å²) in [6.45, 7) is 2.14. The molecule has 0 aliphatic rings. The van der Waals surface area contributed by atoms with E-state index in [9.17, 15) is 9.59 Å². The van der Waals surface area contributed by atoms with Gasteiger partial charge in [-0.2, -0.15) is 0 Å². The molecule has 1 aromatic rings. The Hall–Kier alpha value is -1.70. The van der Waals surface area contributed by atoms with E-state index in [0.29, 0.717) is 6.42 Å². The summed E-state index contributed by atoms with van der Waals surface area (Å²) >= 11 is 0. The first-order valence-electron chi connectivity index (χ1n) is 7.00. The maximum Gasteiger partial charge on any atom is 0.185 e. The summed E-state index contributed by atoms with van der Waals surface area (Å²) in [5.74, 6) is 0.0674. The number of benzene rings is 1. The Morgan fingerprint density at radius 3 is 2.42 bits per heavy atom. The number of allylic oxidation sites excluding steroid dienone is 2. The van der Waals surface area contributed by atoms with E-state index < -0.39 is 0 Å². The quantitative estimate of drug-likeness (QED) is 0.285. The largest absolute Gasteiger partial charge is 0.303 e. The first kappa shape index (κ1) is 15.4. The molecule has 0 bridgehead atoms. The van der Waals surface area contributed by atoms with Crippen LogP contribution >= 0.6 is 0 Å². The van der Waals surface area contributed by atoms with E-state index in [1.807, 2.05) is 30.3 Å². The van der Waals surface area contributed by atoms with Gasteiger partial charge in [-0.3, -0.25) is 4.79 Å². The van der Waals surface area contributed by atoms with Crippen LogP contribution in [0.15, 0.2) is 42.0 Å². The molecule has 0 aromatic heterocycles. The third-order valence-electron chi connectivity index (χ3n) is 3.06. The van der Waals surface area contributed by atoms with Crippen LogP contribution in [0, 0.1) is 0 Å². The molecule has 2 heteroatoms. The van der Waals surface area contributed by atoms with E-state index in [0.717, 1.165) is 49.5 Å². The Morgan fingerprint density at radius 1 is 1.11 bits per heavy atom. The topological polar surface area (TPSA) is 34.1 Å². The lowest BCUT2D eigenvalue weighted by atomic mass is 9.99. The van der Waals surface area contributed by atoms with Crippen molar-refractivity contribution in [3.8, 4) is 0 Å².